The minimum Gasteiger partial charge on any atom is -0.364 e. The van der Waals surface area contributed by atoms with Crippen molar-refractivity contribution in [3.63, 3.8) is 0 Å². The summed E-state index contributed by atoms with van der Waals surface area (Å²) >= 11 is 0. The molecule has 0 bridgehead atoms. The summed E-state index contributed by atoms with van der Waals surface area (Å²) in [6.07, 6.45) is 7.36. The lowest BCUT2D eigenvalue weighted by atomic mass is 10.1. The summed E-state index contributed by atoms with van der Waals surface area (Å²) in [6, 6.07) is -0.243. The van der Waals surface area contributed by atoms with Gasteiger partial charge in [-0.25, -0.2) is 24.9 Å². The van der Waals surface area contributed by atoms with Gasteiger partial charge in [-0.1, -0.05) is 0 Å². The average Bonchev–Trinajstić information content (AvgIpc) is 3.49. The molecular formula is C24H31N9O2. The Labute approximate surface area is 203 Å². The lowest BCUT2D eigenvalue weighted by Crippen LogP contribution is -2.48. The first-order valence-corrected chi connectivity index (χ1v) is 12.2. The molecule has 2 atom stereocenters. The third-order valence-corrected chi connectivity index (χ3v) is 6.73. The molecule has 2 aliphatic rings. The third-order valence-electron chi connectivity index (χ3n) is 6.73. The van der Waals surface area contributed by atoms with Crippen molar-refractivity contribution in [3.8, 4) is 11.4 Å². The predicted molar refractivity (Wildman–Crippen MR) is 130 cm³/mol. The molecule has 5 rings (SSSR count). The number of fused-ring (bicyclic) bond motifs is 1. The zero-order chi connectivity index (χ0) is 24.7. The standard InChI is InChI=1S/C24H31N9O2/c1-5-32-21(16-9-25-14(4)26-10-16)30-19-20(27-12-28-22(19)32)29-17-8-18(33(11-17)13(2)3)24(35)31-23(34)15-6-7-15/h9-10,12-13,15,17-18H,5-8,11H2,1-4H3,(H,27,28,29)(H,31,34,35)/t17?,18-/m1/s1. The zero-order valence-corrected chi connectivity index (χ0v) is 20.5. The van der Waals surface area contributed by atoms with Gasteiger partial charge in [0.05, 0.1) is 11.6 Å². The van der Waals surface area contributed by atoms with Gasteiger partial charge in [0.15, 0.2) is 17.0 Å². The van der Waals surface area contributed by atoms with Crippen molar-refractivity contribution in [2.24, 2.45) is 5.92 Å². The number of aromatic nitrogens is 6. The lowest BCUT2D eigenvalue weighted by molar-refractivity contribution is -0.134. The maximum atomic E-state index is 12.9. The van der Waals surface area contributed by atoms with Crippen molar-refractivity contribution in [2.75, 3.05) is 11.9 Å². The highest BCUT2D eigenvalue weighted by Gasteiger charge is 2.40. The highest BCUT2D eigenvalue weighted by atomic mass is 16.2. The van der Waals surface area contributed by atoms with E-state index in [9.17, 15) is 9.59 Å². The monoisotopic (exact) mass is 477 g/mol. The number of carbonyl (C=O) groups excluding carboxylic acids is 2. The molecule has 2 N–H and O–H groups in total. The molecule has 3 aromatic rings. The second kappa shape index (κ2) is 9.29. The molecule has 0 spiro atoms. The molecule has 1 saturated heterocycles. The van der Waals surface area contributed by atoms with Crippen LogP contribution in [0.4, 0.5) is 5.82 Å². The van der Waals surface area contributed by atoms with Crippen LogP contribution in [0.25, 0.3) is 22.6 Å². The second-order valence-electron chi connectivity index (χ2n) is 9.60. The topological polar surface area (TPSA) is 131 Å². The van der Waals surface area contributed by atoms with E-state index in [4.69, 9.17) is 4.98 Å². The van der Waals surface area contributed by atoms with Gasteiger partial charge >= 0.3 is 0 Å². The minimum atomic E-state index is -0.374. The molecule has 1 aliphatic carbocycles. The van der Waals surface area contributed by atoms with Crippen molar-refractivity contribution in [3.05, 3.63) is 24.5 Å². The molecule has 184 valence electrons. The third kappa shape index (κ3) is 4.60. The van der Waals surface area contributed by atoms with E-state index in [0.717, 1.165) is 29.9 Å². The summed E-state index contributed by atoms with van der Waals surface area (Å²) in [5.41, 5.74) is 2.20. The van der Waals surface area contributed by atoms with Crippen molar-refractivity contribution in [2.45, 2.75) is 71.6 Å². The van der Waals surface area contributed by atoms with E-state index >= 15 is 0 Å². The highest BCUT2D eigenvalue weighted by Crippen LogP contribution is 2.31. The first kappa shape index (κ1) is 23.3. The van der Waals surface area contributed by atoms with Crippen LogP contribution in [0.3, 0.4) is 0 Å². The maximum absolute atomic E-state index is 12.9. The van der Waals surface area contributed by atoms with Gasteiger partial charge in [0.25, 0.3) is 0 Å². The number of anilines is 1. The quantitative estimate of drug-likeness (QED) is 0.490. The number of hydrogen-bond donors (Lipinski definition) is 2. The van der Waals surface area contributed by atoms with E-state index in [-0.39, 0.29) is 35.9 Å². The predicted octanol–water partition coefficient (Wildman–Crippen LogP) is 1.93. The van der Waals surface area contributed by atoms with Gasteiger partial charge in [-0.05, 0) is 47.0 Å². The van der Waals surface area contributed by atoms with Crippen LogP contribution in [0, 0.1) is 12.8 Å². The normalized spacial score (nSPS) is 20.5. The number of carbonyl (C=O) groups is 2. The van der Waals surface area contributed by atoms with Crippen LogP contribution < -0.4 is 10.6 Å². The van der Waals surface area contributed by atoms with Crippen molar-refractivity contribution in [1.29, 1.82) is 0 Å². The largest absolute Gasteiger partial charge is 0.364 e. The smallest absolute Gasteiger partial charge is 0.244 e. The molecule has 11 nitrogen and oxygen atoms in total. The van der Waals surface area contributed by atoms with E-state index in [2.05, 4.69) is 49.3 Å². The van der Waals surface area contributed by atoms with Crippen LogP contribution in [-0.2, 0) is 16.1 Å². The Morgan fingerprint density at radius 2 is 1.86 bits per heavy atom. The van der Waals surface area contributed by atoms with Crippen molar-refractivity contribution < 1.29 is 9.59 Å². The Bertz CT molecular complexity index is 1250. The van der Waals surface area contributed by atoms with E-state index < -0.39 is 0 Å². The Kier molecular flexibility index (Phi) is 6.18. The maximum Gasteiger partial charge on any atom is 0.244 e. The molecule has 11 heteroatoms. The average molecular weight is 478 g/mol. The van der Waals surface area contributed by atoms with Crippen LogP contribution >= 0.6 is 0 Å². The van der Waals surface area contributed by atoms with Crippen LogP contribution in [-0.4, -0.2) is 70.9 Å². The Hall–Kier alpha value is -3.47. The fourth-order valence-electron chi connectivity index (χ4n) is 4.71. The lowest BCUT2D eigenvalue weighted by Gasteiger charge is -2.26. The fourth-order valence-corrected chi connectivity index (χ4v) is 4.71. The fraction of sp³-hybridized carbons (Fsp3) is 0.542. The van der Waals surface area contributed by atoms with Crippen LogP contribution in [0.15, 0.2) is 18.7 Å². The summed E-state index contributed by atoms with van der Waals surface area (Å²) in [6.45, 7) is 9.35. The molecule has 1 aliphatic heterocycles. The minimum absolute atomic E-state index is 0.00196. The molecule has 35 heavy (non-hydrogen) atoms. The number of nitrogens with zero attached hydrogens (tertiary/aromatic N) is 7. The van der Waals surface area contributed by atoms with Gasteiger partial charge in [0, 0.05) is 43.5 Å². The van der Waals surface area contributed by atoms with Crippen molar-refractivity contribution in [1.82, 2.24) is 39.7 Å². The molecular weight excluding hydrogens is 446 g/mol. The number of imidazole rings is 1. The number of aryl methyl sites for hydroxylation is 2. The molecule has 4 heterocycles. The molecule has 3 aromatic heterocycles. The van der Waals surface area contributed by atoms with E-state index in [1.54, 1.807) is 12.4 Å². The molecule has 2 amide bonds. The van der Waals surface area contributed by atoms with Gasteiger partial charge in [0.2, 0.25) is 11.8 Å². The first-order chi connectivity index (χ1) is 16.9. The first-order valence-electron chi connectivity index (χ1n) is 12.2. The Balaban J connectivity index is 1.40. The number of imide groups is 1. The van der Waals surface area contributed by atoms with Gasteiger partial charge in [0.1, 0.15) is 18.0 Å². The van der Waals surface area contributed by atoms with Crippen LogP contribution in [0.5, 0.6) is 0 Å². The van der Waals surface area contributed by atoms with Crippen LogP contribution in [0.2, 0.25) is 0 Å². The molecule has 2 fully saturated rings. The SMILES string of the molecule is CCn1c(-c2cnc(C)nc2)nc2c(NC3C[C@H](C(=O)NC(=O)C4CC4)N(C(C)C)C3)ncnc21. The number of rotatable bonds is 7. The summed E-state index contributed by atoms with van der Waals surface area (Å²) in [5.74, 6) is 1.69. The summed E-state index contributed by atoms with van der Waals surface area (Å²) in [5, 5.41) is 6.13. The van der Waals surface area contributed by atoms with Crippen molar-refractivity contribution >= 4 is 28.8 Å². The number of amides is 2. The summed E-state index contributed by atoms with van der Waals surface area (Å²) < 4.78 is 2.02. The summed E-state index contributed by atoms with van der Waals surface area (Å²) in [7, 11) is 0. The molecule has 1 saturated carbocycles. The number of hydrogen-bond acceptors (Lipinski definition) is 9. The van der Waals surface area contributed by atoms with Gasteiger partial charge in [-0.3, -0.25) is 19.8 Å². The molecule has 1 unspecified atom stereocenters. The number of nitrogens with one attached hydrogen (secondary N) is 2. The van der Waals surface area contributed by atoms with E-state index in [1.807, 2.05) is 18.4 Å². The zero-order valence-electron chi connectivity index (χ0n) is 20.5. The van der Waals surface area contributed by atoms with Gasteiger partial charge in [-0.15, -0.1) is 0 Å². The Morgan fingerprint density at radius 1 is 1.11 bits per heavy atom. The Morgan fingerprint density at radius 3 is 2.51 bits per heavy atom. The summed E-state index contributed by atoms with van der Waals surface area (Å²) in [4.78, 5) is 49.7. The highest BCUT2D eigenvalue weighted by molar-refractivity contribution is 5.99. The van der Waals surface area contributed by atoms with Gasteiger partial charge < -0.3 is 9.88 Å². The second-order valence-corrected chi connectivity index (χ2v) is 9.60. The van der Waals surface area contributed by atoms with E-state index in [1.165, 1.54) is 6.33 Å². The van der Waals surface area contributed by atoms with E-state index in [0.29, 0.717) is 36.7 Å². The molecule has 0 aromatic carbocycles. The number of likely N-dealkylation sites (tertiary alicyclic amines) is 1. The van der Waals surface area contributed by atoms with Crippen LogP contribution in [0.1, 0.15) is 45.9 Å². The molecule has 0 radical (unpaired) electrons. The van der Waals surface area contributed by atoms with Gasteiger partial charge in [-0.2, -0.15) is 0 Å².